The van der Waals surface area contributed by atoms with Gasteiger partial charge in [-0.05, 0) is 25.5 Å². The van der Waals surface area contributed by atoms with Crippen LogP contribution in [-0.2, 0) is 6.54 Å². The van der Waals surface area contributed by atoms with E-state index in [-0.39, 0.29) is 17.5 Å². The largest absolute Gasteiger partial charge is 0.392 e. The molecule has 2 aromatic heterocycles. The number of imidazole rings is 1. The van der Waals surface area contributed by atoms with Crippen LogP contribution >= 0.6 is 0 Å². The first-order chi connectivity index (χ1) is 13.1. The summed E-state index contributed by atoms with van der Waals surface area (Å²) in [5.41, 5.74) is 4.56. The van der Waals surface area contributed by atoms with E-state index >= 15 is 0 Å². The van der Waals surface area contributed by atoms with Crippen molar-refractivity contribution in [1.82, 2.24) is 19.4 Å². The zero-order chi connectivity index (χ0) is 20.5. The molecule has 8 heteroatoms. The third-order valence-corrected chi connectivity index (χ3v) is 5.40. The second kappa shape index (κ2) is 7.77. The molecule has 3 heterocycles. The van der Waals surface area contributed by atoms with Crippen LogP contribution in [-0.4, -0.2) is 45.4 Å². The molecule has 0 fully saturated rings. The van der Waals surface area contributed by atoms with Crippen LogP contribution < -0.4 is 10.9 Å². The van der Waals surface area contributed by atoms with Crippen LogP contribution in [0.3, 0.4) is 0 Å². The average Bonchev–Trinajstić information content (AvgIpc) is 3.01. The normalized spacial score (nSPS) is 17.3. The van der Waals surface area contributed by atoms with Crippen LogP contribution in [0.2, 0.25) is 19.6 Å². The summed E-state index contributed by atoms with van der Waals surface area (Å²) in [6.07, 6.45) is 3.43. The number of carbonyl (C=O) groups excluding carboxylic acids is 1. The molecule has 2 atom stereocenters. The molecule has 0 aliphatic carbocycles. The van der Waals surface area contributed by atoms with E-state index in [0.717, 1.165) is 5.69 Å². The number of rotatable bonds is 4. The Kier molecular flexibility index (Phi) is 5.58. The zero-order valence-corrected chi connectivity index (χ0v) is 17.7. The molecule has 1 unspecified atom stereocenters. The Hall–Kier alpha value is -2.63. The summed E-state index contributed by atoms with van der Waals surface area (Å²) in [6, 6.07) is 2.96. The maximum absolute atomic E-state index is 12.9. The number of aryl methyl sites for hydroxylation is 1. The standard InChI is InChI=1S/C20H26N4O3Si/c1-14-11-23(13-21-14)18-8-7-17-19(26)22-15(12-24(17)20(18)27)10-16(25)6-5-9-28(2,3)4/h7-8,11,13,15-16,25H,6,10,12H2,1-4H3,(H,22,26)/t15?,16-/m0/s1. The van der Waals surface area contributed by atoms with E-state index in [1.165, 1.54) is 4.57 Å². The molecule has 0 saturated heterocycles. The Bertz CT molecular complexity index is 1010. The van der Waals surface area contributed by atoms with E-state index in [0.29, 0.717) is 30.8 Å². The zero-order valence-electron chi connectivity index (χ0n) is 16.7. The first-order valence-corrected chi connectivity index (χ1v) is 12.9. The van der Waals surface area contributed by atoms with Gasteiger partial charge in [0, 0.05) is 25.2 Å². The monoisotopic (exact) mass is 398 g/mol. The molecule has 0 radical (unpaired) electrons. The lowest BCUT2D eigenvalue weighted by Crippen LogP contribution is -2.49. The maximum Gasteiger partial charge on any atom is 0.275 e. The van der Waals surface area contributed by atoms with Gasteiger partial charge >= 0.3 is 0 Å². The number of carbonyl (C=O) groups is 1. The summed E-state index contributed by atoms with van der Waals surface area (Å²) < 4.78 is 3.14. The lowest BCUT2D eigenvalue weighted by Gasteiger charge is -2.28. The highest BCUT2D eigenvalue weighted by Gasteiger charge is 2.27. The minimum Gasteiger partial charge on any atom is -0.392 e. The van der Waals surface area contributed by atoms with Gasteiger partial charge in [-0.3, -0.25) is 9.59 Å². The molecule has 1 aliphatic rings. The van der Waals surface area contributed by atoms with Gasteiger partial charge in [0.1, 0.15) is 19.5 Å². The van der Waals surface area contributed by atoms with Crippen LogP contribution in [0.5, 0.6) is 0 Å². The molecule has 0 spiro atoms. The number of aliphatic hydroxyl groups is 1. The topological polar surface area (TPSA) is 89.1 Å². The van der Waals surface area contributed by atoms with Crippen molar-refractivity contribution in [3.63, 3.8) is 0 Å². The van der Waals surface area contributed by atoms with Crippen molar-refractivity contribution in [2.24, 2.45) is 0 Å². The number of fused-ring (bicyclic) bond motifs is 1. The molecular formula is C20H26N4O3Si. The number of nitrogens with zero attached hydrogens (tertiary/aromatic N) is 3. The fourth-order valence-electron chi connectivity index (χ4n) is 3.20. The van der Waals surface area contributed by atoms with E-state index in [1.807, 2.05) is 6.92 Å². The molecule has 1 amide bonds. The minimum atomic E-state index is -1.47. The Morgan fingerprint density at radius 2 is 2.11 bits per heavy atom. The predicted molar refractivity (Wildman–Crippen MR) is 110 cm³/mol. The van der Waals surface area contributed by atoms with Gasteiger partial charge in [0.05, 0.1) is 18.1 Å². The van der Waals surface area contributed by atoms with Crippen molar-refractivity contribution in [1.29, 1.82) is 0 Å². The number of hydrogen-bond donors (Lipinski definition) is 2. The molecule has 3 rings (SSSR count). The number of amides is 1. The summed E-state index contributed by atoms with van der Waals surface area (Å²) in [4.78, 5) is 29.5. The molecule has 28 heavy (non-hydrogen) atoms. The Morgan fingerprint density at radius 1 is 1.36 bits per heavy atom. The number of aliphatic hydroxyl groups excluding tert-OH is 1. The van der Waals surface area contributed by atoms with Gasteiger partial charge in [0.15, 0.2) is 0 Å². The first-order valence-electron chi connectivity index (χ1n) is 9.38. The molecular weight excluding hydrogens is 372 g/mol. The van der Waals surface area contributed by atoms with Crippen molar-refractivity contribution in [3.8, 4) is 17.2 Å². The third kappa shape index (κ3) is 4.61. The molecule has 0 saturated carbocycles. The third-order valence-electron chi connectivity index (χ3n) is 4.47. The van der Waals surface area contributed by atoms with E-state index in [4.69, 9.17) is 0 Å². The highest BCUT2D eigenvalue weighted by molar-refractivity contribution is 6.83. The smallest absolute Gasteiger partial charge is 0.275 e. The van der Waals surface area contributed by atoms with E-state index < -0.39 is 14.2 Å². The number of aromatic nitrogens is 3. The van der Waals surface area contributed by atoms with Crippen LogP contribution in [0.25, 0.3) is 5.69 Å². The quantitative estimate of drug-likeness (QED) is 0.603. The SMILES string of the molecule is Cc1cn(-c2ccc3n(c2=O)CC(C[C@@H](O)CC#C[Si](C)(C)C)NC3=O)cn1. The van der Waals surface area contributed by atoms with Gasteiger partial charge in [-0.2, -0.15) is 0 Å². The van der Waals surface area contributed by atoms with Crippen LogP contribution in [0, 0.1) is 18.4 Å². The molecule has 0 aromatic carbocycles. The van der Waals surface area contributed by atoms with Gasteiger partial charge in [-0.15, -0.1) is 11.5 Å². The molecule has 2 N–H and O–H groups in total. The summed E-state index contributed by atoms with van der Waals surface area (Å²) in [5.74, 6) is 2.76. The van der Waals surface area contributed by atoms with Crippen molar-refractivity contribution in [2.45, 2.75) is 58.1 Å². The van der Waals surface area contributed by atoms with Crippen LogP contribution in [0.4, 0.5) is 0 Å². The summed E-state index contributed by atoms with van der Waals surface area (Å²) in [6.45, 7) is 8.62. The van der Waals surface area contributed by atoms with Crippen molar-refractivity contribution < 1.29 is 9.90 Å². The molecule has 0 bridgehead atoms. The van der Waals surface area contributed by atoms with Gasteiger partial charge < -0.3 is 19.6 Å². The minimum absolute atomic E-state index is 0.247. The molecule has 2 aromatic rings. The fraction of sp³-hybridized carbons (Fsp3) is 0.450. The van der Waals surface area contributed by atoms with Crippen molar-refractivity contribution >= 4 is 14.0 Å². The molecule has 148 valence electrons. The first kappa shape index (κ1) is 20.1. The van der Waals surface area contributed by atoms with Crippen molar-refractivity contribution in [3.05, 3.63) is 46.4 Å². The summed E-state index contributed by atoms with van der Waals surface area (Å²) >= 11 is 0. The number of pyridine rings is 1. The second-order valence-corrected chi connectivity index (χ2v) is 13.0. The van der Waals surface area contributed by atoms with Gasteiger partial charge in [0.25, 0.3) is 11.5 Å². The lowest BCUT2D eigenvalue weighted by molar-refractivity contribution is 0.0859. The second-order valence-electron chi connectivity index (χ2n) is 8.26. The molecule has 7 nitrogen and oxygen atoms in total. The molecule has 1 aliphatic heterocycles. The van der Waals surface area contributed by atoms with Crippen molar-refractivity contribution in [2.75, 3.05) is 0 Å². The van der Waals surface area contributed by atoms with E-state index in [2.05, 4.69) is 41.4 Å². The highest BCUT2D eigenvalue weighted by atomic mass is 28.3. The van der Waals surface area contributed by atoms with Gasteiger partial charge in [0.2, 0.25) is 0 Å². The fourth-order valence-corrected chi connectivity index (χ4v) is 3.83. The summed E-state index contributed by atoms with van der Waals surface area (Å²) in [5, 5.41) is 13.2. The Morgan fingerprint density at radius 3 is 2.75 bits per heavy atom. The van der Waals surface area contributed by atoms with E-state index in [1.54, 1.807) is 29.2 Å². The number of hydrogen-bond acceptors (Lipinski definition) is 4. The Labute approximate surface area is 165 Å². The lowest BCUT2D eigenvalue weighted by atomic mass is 10.0. The van der Waals surface area contributed by atoms with Crippen LogP contribution in [0.15, 0.2) is 29.5 Å². The number of nitrogens with one attached hydrogen (secondary N) is 1. The summed E-state index contributed by atoms with van der Waals surface area (Å²) in [7, 11) is -1.47. The van der Waals surface area contributed by atoms with Gasteiger partial charge in [-0.1, -0.05) is 19.6 Å². The van der Waals surface area contributed by atoms with E-state index in [9.17, 15) is 14.7 Å². The van der Waals surface area contributed by atoms with Crippen LogP contribution in [0.1, 0.15) is 29.0 Å². The predicted octanol–water partition coefficient (Wildman–Crippen LogP) is 1.48. The maximum atomic E-state index is 12.9. The van der Waals surface area contributed by atoms with Gasteiger partial charge in [-0.25, -0.2) is 4.98 Å². The highest BCUT2D eigenvalue weighted by Crippen LogP contribution is 2.14. The average molecular weight is 399 g/mol. The Balaban J connectivity index is 1.78.